The Balaban J connectivity index is 1.27. The molecule has 1 unspecified atom stereocenters. The van der Waals surface area contributed by atoms with Gasteiger partial charge in [-0.1, -0.05) is 0 Å². The number of thiophene rings is 1. The molecule has 0 bridgehead atoms. The summed E-state index contributed by atoms with van der Waals surface area (Å²) in [6, 6.07) is 5.39. The fourth-order valence-corrected chi connectivity index (χ4v) is 5.51. The standard InChI is InChI=1S/C22H24N4O4S/c1-2-26(12-19(27)23-13-6-7-15-16(10-13)30-9-8-29-15)11-18-24-21(28)20-14-4-3-5-17(14)31-22(20)25-18/h6-7,10H,2-5,8-9,11-12H2,1H3,(H,23,27)(H,24,25,28)/p+1. The van der Waals surface area contributed by atoms with Crippen LogP contribution in [0.3, 0.4) is 0 Å². The zero-order chi connectivity index (χ0) is 21.4. The number of rotatable bonds is 6. The van der Waals surface area contributed by atoms with Gasteiger partial charge >= 0.3 is 0 Å². The zero-order valence-corrected chi connectivity index (χ0v) is 18.2. The van der Waals surface area contributed by atoms with Gasteiger partial charge < -0.3 is 24.7 Å². The Morgan fingerprint density at radius 3 is 2.94 bits per heavy atom. The molecule has 5 rings (SSSR count). The van der Waals surface area contributed by atoms with Gasteiger partial charge in [-0.2, -0.15) is 0 Å². The van der Waals surface area contributed by atoms with Gasteiger partial charge in [0.15, 0.2) is 23.9 Å². The van der Waals surface area contributed by atoms with Crippen LogP contribution in [0, 0.1) is 0 Å². The molecule has 3 heterocycles. The van der Waals surface area contributed by atoms with E-state index in [4.69, 9.17) is 14.5 Å². The summed E-state index contributed by atoms with van der Waals surface area (Å²) in [6.07, 6.45) is 3.12. The Hall–Kier alpha value is -2.91. The van der Waals surface area contributed by atoms with Crippen molar-refractivity contribution in [2.45, 2.75) is 32.7 Å². The SMILES string of the molecule is CC[NH+](CC(=O)Nc1ccc2c(c1)OCCO2)Cc1nc2sc3c(c2c(=O)[nH]1)CCC3. The smallest absolute Gasteiger partial charge is 0.279 e. The van der Waals surface area contributed by atoms with Crippen molar-refractivity contribution in [2.24, 2.45) is 0 Å². The van der Waals surface area contributed by atoms with Gasteiger partial charge in [-0.05, 0) is 43.9 Å². The lowest BCUT2D eigenvalue weighted by molar-refractivity contribution is -0.904. The number of nitrogens with zero attached hydrogens (tertiary/aromatic N) is 1. The molecular formula is C22H25N4O4S+. The number of quaternary nitrogens is 1. The second-order valence-electron chi connectivity index (χ2n) is 7.91. The van der Waals surface area contributed by atoms with Gasteiger partial charge in [-0.15, -0.1) is 11.3 Å². The summed E-state index contributed by atoms with van der Waals surface area (Å²) in [6.45, 7) is 4.54. The first-order valence-corrected chi connectivity index (χ1v) is 11.5. The van der Waals surface area contributed by atoms with E-state index in [-0.39, 0.29) is 18.0 Å². The number of benzene rings is 1. The summed E-state index contributed by atoms with van der Waals surface area (Å²) in [5, 5.41) is 3.68. The summed E-state index contributed by atoms with van der Waals surface area (Å²) in [5.74, 6) is 1.85. The van der Waals surface area contributed by atoms with Crippen LogP contribution in [0.2, 0.25) is 0 Å². The molecular weight excluding hydrogens is 416 g/mol. The van der Waals surface area contributed by atoms with Crippen molar-refractivity contribution in [2.75, 3.05) is 31.6 Å². The van der Waals surface area contributed by atoms with Gasteiger partial charge in [0, 0.05) is 16.6 Å². The molecule has 162 valence electrons. The number of likely N-dealkylation sites (N-methyl/N-ethyl adjacent to an activating group) is 1. The number of aryl methyl sites for hydroxylation is 2. The van der Waals surface area contributed by atoms with Crippen LogP contribution in [0.5, 0.6) is 11.5 Å². The van der Waals surface area contributed by atoms with Crippen LogP contribution in [0.4, 0.5) is 5.69 Å². The van der Waals surface area contributed by atoms with E-state index >= 15 is 0 Å². The van der Waals surface area contributed by atoms with Crippen LogP contribution < -0.4 is 25.2 Å². The quantitative estimate of drug-likeness (QED) is 0.536. The van der Waals surface area contributed by atoms with Gasteiger partial charge in [-0.25, -0.2) is 4.98 Å². The highest BCUT2D eigenvalue weighted by Crippen LogP contribution is 2.34. The number of aromatic amines is 1. The summed E-state index contributed by atoms with van der Waals surface area (Å²) in [7, 11) is 0. The van der Waals surface area contributed by atoms with Gasteiger partial charge in [0.05, 0.1) is 11.9 Å². The highest BCUT2D eigenvalue weighted by atomic mass is 32.1. The van der Waals surface area contributed by atoms with Crippen molar-refractivity contribution < 1.29 is 19.2 Å². The van der Waals surface area contributed by atoms with Gasteiger partial charge in [-0.3, -0.25) is 9.59 Å². The maximum Gasteiger partial charge on any atom is 0.279 e. The highest BCUT2D eigenvalue weighted by Gasteiger charge is 2.22. The average Bonchev–Trinajstić information content (AvgIpc) is 3.34. The minimum atomic E-state index is -0.105. The Morgan fingerprint density at radius 2 is 2.10 bits per heavy atom. The number of H-pyrrole nitrogens is 1. The number of hydrogen-bond acceptors (Lipinski definition) is 6. The average molecular weight is 442 g/mol. The molecule has 1 aromatic carbocycles. The lowest BCUT2D eigenvalue weighted by atomic mass is 10.2. The molecule has 0 saturated heterocycles. The van der Waals surface area contributed by atoms with Gasteiger partial charge in [0.2, 0.25) is 0 Å². The third-order valence-electron chi connectivity index (χ3n) is 5.78. The predicted molar refractivity (Wildman–Crippen MR) is 118 cm³/mol. The molecule has 2 aliphatic rings. The molecule has 1 aliphatic carbocycles. The van der Waals surface area contributed by atoms with E-state index in [1.165, 1.54) is 10.4 Å². The summed E-state index contributed by atoms with van der Waals surface area (Å²) < 4.78 is 11.1. The number of carbonyl (C=O) groups excluding carboxylic acids is 1. The van der Waals surface area contributed by atoms with Crippen molar-refractivity contribution in [3.05, 3.63) is 44.8 Å². The van der Waals surface area contributed by atoms with E-state index in [9.17, 15) is 9.59 Å². The van der Waals surface area contributed by atoms with E-state index in [1.54, 1.807) is 29.5 Å². The summed E-state index contributed by atoms with van der Waals surface area (Å²) in [4.78, 5) is 36.1. The van der Waals surface area contributed by atoms with E-state index in [0.29, 0.717) is 42.8 Å². The van der Waals surface area contributed by atoms with E-state index in [2.05, 4.69) is 10.3 Å². The number of amides is 1. The van der Waals surface area contributed by atoms with Crippen LogP contribution in [0.1, 0.15) is 29.6 Å². The van der Waals surface area contributed by atoms with Crippen LogP contribution in [0.15, 0.2) is 23.0 Å². The number of ether oxygens (including phenoxy) is 2. The minimum absolute atomic E-state index is 0.0596. The fraction of sp³-hybridized carbons (Fsp3) is 0.409. The second-order valence-corrected chi connectivity index (χ2v) is 9.00. The summed E-state index contributed by atoms with van der Waals surface area (Å²) >= 11 is 1.63. The van der Waals surface area contributed by atoms with Crippen LogP contribution >= 0.6 is 11.3 Å². The zero-order valence-electron chi connectivity index (χ0n) is 17.4. The molecule has 8 nitrogen and oxygen atoms in total. The fourth-order valence-electron chi connectivity index (χ4n) is 4.23. The number of nitrogens with one attached hydrogen (secondary N) is 3. The van der Waals surface area contributed by atoms with Gasteiger partial charge in [0.25, 0.3) is 11.5 Å². The molecule has 9 heteroatoms. The Labute approximate surface area is 183 Å². The topological polar surface area (TPSA) is 97.8 Å². The summed E-state index contributed by atoms with van der Waals surface area (Å²) in [5.41, 5.74) is 1.79. The molecule has 0 saturated carbocycles. The lowest BCUT2D eigenvalue weighted by Gasteiger charge is -2.19. The highest BCUT2D eigenvalue weighted by molar-refractivity contribution is 7.18. The van der Waals surface area contributed by atoms with Gasteiger partial charge in [0.1, 0.15) is 24.6 Å². The number of hydrogen-bond donors (Lipinski definition) is 3. The molecule has 3 N–H and O–H groups in total. The Bertz CT molecular complexity index is 1200. The number of fused-ring (bicyclic) bond motifs is 4. The first kappa shape index (κ1) is 20.0. The van der Waals surface area contributed by atoms with Crippen molar-refractivity contribution in [1.82, 2.24) is 9.97 Å². The Kier molecular flexibility index (Phi) is 5.37. The van der Waals surface area contributed by atoms with Crippen LogP contribution in [-0.4, -0.2) is 42.2 Å². The van der Waals surface area contributed by atoms with E-state index in [1.807, 2.05) is 6.92 Å². The molecule has 2 aromatic heterocycles. The molecule has 31 heavy (non-hydrogen) atoms. The van der Waals surface area contributed by atoms with E-state index < -0.39 is 0 Å². The molecule has 1 aliphatic heterocycles. The number of aromatic nitrogens is 2. The Morgan fingerprint density at radius 1 is 1.26 bits per heavy atom. The van der Waals surface area contributed by atoms with Crippen molar-refractivity contribution in [1.29, 1.82) is 0 Å². The van der Waals surface area contributed by atoms with Crippen LogP contribution in [-0.2, 0) is 24.2 Å². The molecule has 3 aromatic rings. The van der Waals surface area contributed by atoms with Crippen molar-refractivity contribution >= 4 is 33.1 Å². The van der Waals surface area contributed by atoms with Crippen LogP contribution in [0.25, 0.3) is 10.2 Å². The molecule has 1 atom stereocenters. The largest absolute Gasteiger partial charge is 0.486 e. The normalized spacial score (nSPS) is 15.6. The molecule has 0 spiro atoms. The predicted octanol–water partition coefficient (Wildman–Crippen LogP) is 1.29. The third-order valence-corrected chi connectivity index (χ3v) is 6.96. The minimum Gasteiger partial charge on any atom is -0.486 e. The molecule has 1 amide bonds. The first-order chi connectivity index (χ1) is 15.1. The second kappa shape index (κ2) is 8.32. The molecule has 0 radical (unpaired) electrons. The number of carbonyl (C=O) groups is 1. The maximum atomic E-state index is 12.7. The monoisotopic (exact) mass is 441 g/mol. The molecule has 0 fully saturated rings. The van der Waals surface area contributed by atoms with E-state index in [0.717, 1.165) is 40.9 Å². The number of anilines is 1. The first-order valence-electron chi connectivity index (χ1n) is 10.7. The van der Waals surface area contributed by atoms with Crippen molar-refractivity contribution in [3.63, 3.8) is 0 Å². The lowest BCUT2D eigenvalue weighted by Crippen LogP contribution is -3.11. The third kappa shape index (κ3) is 4.03. The van der Waals surface area contributed by atoms with Crippen molar-refractivity contribution in [3.8, 4) is 11.5 Å². The maximum absolute atomic E-state index is 12.7.